The molecule has 1 unspecified atom stereocenters. The highest BCUT2D eigenvalue weighted by atomic mass is 15.1. The molecule has 0 fully saturated rings. The fourth-order valence-corrected chi connectivity index (χ4v) is 8.11. The number of rotatable bonds is 9. The molecule has 0 saturated heterocycles. The van der Waals surface area contributed by atoms with Gasteiger partial charge in [-0.05, 0) is 116 Å². The first-order valence-electron chi connectivity index (χ1n) is 20.5. The number of allylic oxidation sites excluding steroid dienone is 12. The van der Waals surface area contributed by atoms with Gasteiger partial charge >= 0.3 is 0 Å². The van der Waals surface area contributed by atoms with Crippen LogP contribution in [0.25, 0.3) is 56.4 Å². The molecule has 2 heteroatoms. The van der Waals surface area contributed by atoms with Gasteiger partial charge in [0.1, 0.15) is 5.82 Å². The highest BCUT2D eigenvalue weighted by Gasteiger charge is 2.19. The average Bonchev–Trinajstić information content (AvgIpc) is 3.68. The molecule has 6 aromatic carbocycles. The van der Waals surface area contributed by atoms with Gasteiger partial charge in [-0.2, -0.15) is 0 Å². The van der Waals surface area contributed by atoms with E-state index in [-0.39, 0.29) is 5.92 Å². The minimum atomic E-state index is 0.138. The zero-order valence-electron chi connectivity index (χ0n) is 33.2. The van der Waals surface area contributed by atoms with Crippen molar-refractivity contribution < 1.29 is 0 Å². The maximum atomic E-state index is 5.13. The lowest BCUT2D eigenvalue weighted by molar-refractivity contribution is 0.796. The van der Waals surface area contributed by atoms with Crippen LogP contribution in [0.15, 0.2) is 225 Å². The Morgan fingerprint density at radius 1 is 0.661 bits per heavy atom. The van der Waals surface area contributed by atoms with Crippen molar-refractivity contribution in [2.75, 3.05) is 0 Å². The molecule has 7 aromatic rings. The number of hydrogen-bond donors (Lipinski definition) is 0. The van der Waals surface area contributed by atoms with Crippen LogP contribution in [0, 0.1) is 5.92 Å². The number of hydrogen-bond acceptors (Lipinski definition) is 1. The van der Waals surface area contributed by atoms with Gasteiger partial charge in [-0.3, -0.25) is 4.57 Å². The molecule has 0 radical (unpaired) electrons. The molecular weight excluding hydrogens is 713 g/mol. The molecule has 9 rings (SSSR count). The van der Waals surface area contributed by atoms with Crippen molar-refractivity contribution in [3.05, 3.63) is 258 Å². The van der Waals surface area contributed by atoms with Gasteiger partial charge < -0.3 is 0 Å². The van der Waals surface area contributed by atoms with Crippen LogP contribution in [0.5, 0.6) is 0 Å². The Morgan fingerprint density at radius 3 is 2.25 bits per heavy atom. The Kier molecular flexibility index (Phi) is 10.8. The van der Waals surface area contributed by atoms with E-state index in [0.29, 0.717) is 0 Å². The SMILES string of the molecule is C=C(/C=C\c1ccccc1)C1=c2ccc(/C=C/CC3C=C(c4nc5ccccc5n4-c4ccccc4)C=CC3=C)c/c2=C(c2ccc3ccccc3c2)/C=C/CCC=C1. The zero-order valence-corrected chi connectivity index (χ0v) is 33.2. The van der Waals surface area contributed by atoms with E-state index in [1.54, 1.807) is 0 Å². The lowest BCUT2D eigenvalue weighted by atomic mass is 9.88. The summed E-state index contributed by atoms with van der Waals surface area (Å²) in [4.78, 5) is 5.13. The van der Waals surface area contributed by atoms with Crippen molar-refractivity contribution in [2.45, 2.75) is 19.3 Å². The van der Waals surface area contributed by atoms with Crippen molar-refractivity contribution in [3.8, 4) is 5.69 Å². The normalized spacial score (nSPS) is 17.2. The Morgan fingerprint density at radius 2 is 1.41 bits per heavy atom. The van der Waals surface area contributed by atoms with Crippen LogP contribution in [0.2, 0.25) is 0 Å². The molecule has 0 aliphatic heterocycles. The second-order valence-corrected chi connectivity index (χ2v) is 15.2. The van der Waals surface area contributed by atoms with Crippen molar-refractivity contribution in [2.24, 2.45) is 5.92 Å². The van der Waals surface area contributed by atoms with Gasteiger partial charge in [0.15, 0.2) is 0 Å². The van der Waals surface area contributed by atoms with Gasteiger partial charge in [0, 0.05) is 17.2 Å². The zero-order chi connectivity index (χ0) is 40.0. The molecule has 0 bridgehead atoms. The monoisotopic (exact) mass is 758 g/mol. The van der Waals surface area contributed by atoms with Gasteiger partial charge in [0.25, 0.3) is 0 Å². The minimum absolute atomic E-state index is 0.138. The topological polar surface area (TPSA) is 17.8 Å². The summed E-state index contributed by atoms with van der Waals surface area (Å²) < 4.78 is 2.26. The van der Waals surface area contributed by atoms with Gasteiger partial charge in [-0.1, -0.05) is 189 Å². The Balaban J connectivity index is 1.12. The Labute approximate surface area is 347 Å². The summed E-state index contributed by atoms with van der Waals surface area (Å²) in [6.07, 6.45) is 27.4. The van der Waals surface area contributed by atoms with Crippen LogP contribution in [-0.4, -0.2) is 9.55 Å². The molecule has 2 nitrogen and oxygen atoms in total. The van der Waals surface area contributed by atoms with Gasteiger partial charge in [-0.15, -0.1) is 0 Å². The van der Waals surface area contributed by atoms with Crippen molar-refractivity contribution >= 4 is 50.7 Å². The standard InChI is InChI=1S/C57H46N2/c1-41-31-34-49(57-58-55-28-15-16-29-56(55)59(57)50-24-9-6-10-25-50)39-46(41)23-17-20-44-33-37-53-51(42(2)30-32-43-18-7-5-8-19-43)26-11-3-4-12-27-52(54(53)38-44)48-36-35-45-21-13-14-22-47(45)40-48/h5-22,24-40,46H,1-4,23H2/b20-17+,26-11?,27-12+,32-30-,53-51?,54-52+. The van der Waals surface area contributed by atoms with Crippen LogP contribution in [0.4, 0.5) is 0 Å². The number of para-hydroxylation sites is 3. The molecular formula is C57H46N2. The predicted octanol–water partition coefficient (Wildman–Crippen LogP) is 12.9. The van der Waals surface area contributed by atoms with Crippen molar-refractivity contribution in [1.29, 1.82) is 0 Å². The summed E-state index contributed by atoms with van der Waals surface area (Å²) in [6, 6.07) is 51.6. The molecule has 1 aromatic heterocycles. The summed E-state index contributed by atoms with van der Waals surface area (Å²) in [5.74, 6) is 1.08. The third kappa shape index (κ3) is 8.12. The van der Waals surface area contributed by atoms with E-state index in [0.717, 1.165) is 80.4 Å². The van der Waals surface area contributed by atoms with Crippen LogP contribution in [0.1, 0.15) is 41.8 Å². The third-order valence-electron chi connectivity index (χ3n) is 11.2. The van der Waals surface area contributed by atoms with E-state index in [2.05, 4.69) is 224 Å². The number of benzene rings is 6. The Bertz CT molecular complexity index is 3030. The summed E-state index contributed by atoms with van der Waals surface area (Å²) >= 11 is 0. The molecule has 0 N–H and O–H groups in total. The molecule has 0 amide bonds. The number of fused-ring (bicyclic) bond motifs is 3. The summed E-state index contributed by atoms with van der Waals surface area (Å²) in [5.41, 5.74) is 12.2. The van der Waals surface area contributed by atoms with Crippen LogP contribution in [-0.2, 0) is 0 Å². The second-order valence-electron chi connectivity index (χ2n) is 15.2. The van der Waals surface area contributed by atoms with Crippen LogP contribution >= 0.6 is 0 Å². The number of imidazole rings is 1. The summed E-state index contributed by atoms with van der Waals surface area (Å²) in [7, 11) is 0. The maximum Gasteiger partial charge on any atom is 0.145 e. The van der Waals surface area contributed by atoms with Crippen LogP contribution < -0.4 is 10.4 Å². The van der Waals surface area contributed by atoms with Gasteiger partial charge in [-0.25, -0.2) is 4.98 Å². The predicted molar refractivity (Wildman–Crippen MR) is 252 cm³/mol. The van der Waals surface area contributed by atoms with E-state index >= 15 is 0 Å². The highest BCUT2D eigenvalue weighted by molar-refractivity contribution is 5.89. The summed E-state index contributed by atoms with van der Waals surface area (Å²) in [6.45, 7) is 9.07. The first-order valence-corrected chi connectivity index (χ1v) is 20.5. The first kappa shape index (κ1) is 37.3. The van der Waals surface area contributed by atoms with Gasteiger partial charge in [0.2, 0.25) is 0 Å². The largest absolute Gasteiger partial charge is 0.292 e. The summed E-state index contributed by atoms with van der Waals surface area (Å²) in [5, 5.41) is 4.81. The molecule has 59 heavy (non-hydrogen) atoms. The molecule has 2 aliphatic rings. The molecule has 0 saturated carbocycles. The van der Waals surface area contributed by atoms with E-state index in [1.165, 1.54) is 27.1 Å². The second kappa shape index (κ2) is 17.1. The highest BCUT2D eigenvalue weighted by Crippen LogP contribution is 2.33. The van der Waals surface area contributed by atoms with Crippen LogP contribution in [0.3, 0.4) is 0 Å². The molecule has 284 valence electrons. The van der Waals surface area contributed by atoms with E-state index < -0.39 is 0 Å². The van der Waals surface area contributed by atoms with Crippen molar-refractivity contribution in [1.82, 2.24) is 9.55 Å². The minimum Gasteiger partial charge on any atom is -0.292 e. The molecule has 1 heterocycles. The van der Waals surface area contributed by atoms with E-state index in [9.17, 15) is 0 Å². The number of aromatic nitrogens is 2. The average molecular weight is 759 g/mol. The molecule has 1 atom stereocenters. The van der Waals surface area contributed by atoms with E-state index in [1.807, 2.05) is 6.07 Å². The van der Waals surface area contributed by atoms with Crippen molar-refractivity contribution in [3.63, 3.8) is 0 Å². The smallest absolute Gasteiger partial charge is 0.145 e. The maximum absolute atomic E-state index is 5.13. The lowest BCUT2D eigenvalue weighted by Gasteiger charge is -2.19. The molecule has 0 spiro atoms. The fraction of sp³-hybridized carbons (Fsp3) is 0.0702. The first-order chi connectivity index (χ1) is 29.1. The Hall–Kier alpha value is -7.29. The third-order valence-corrected chi connectivity index (χ3v) is 11.2. The van der Waals surface area contributed by atoms with E-state index in [4.69, 9.17) is 4.98 Å². The fourth-order valence-electron chi connectivity index (χ4n) is 8.11. The molecule has 2 aliphatic carbocycles. The van der Waals surface area contributed by atoms with Gasteiger partial charge in [0.05, 0.1) is 11.0 Å². The number of nitrogens with zero attached hydrogens (tertiary/aromatic N) is 2. The lowest BCUT2D eigenvalue weighted by Crippen LogP contribution is -2.30. The quantitative estimate of drug-likeness (QED) is 0.134.